The molecule has 0 amide bonds. The van der Waals surface area contributed by atoms with Crippen LogP contribution < -0.4 is 0 Å². The lowest BCUT2D eigenvalue weighted by atomic mass is 10.2. The van der Waals surface area contributed by atoms with Gasteiger partial charge in [0.2, 0.25) is 0 Å². The monoisotopic (exact) mass is 170 g/mol. The first-order chi connectivity index (χ1) is 5.72. The molecule has 1 nitrogen and oxygen atoms in total. The number of methoxy groups -OCH3 is 1. The van der Waals surface area contributed by atoms with E-state index < -0.39 is 11.6 Å². The van der Waals surface area contributed by atoms with Crippen LogP contribution in [0.1, 0.15) is 5.56 Å². The highest BCUT2D eigenvalue weighted by atomic mass is 19.1. The van der Waals surface area contributed by atoms with Gasteiger partial charge in [-0.25, -0.2) is 8.78 Å². The highest BCUT2D eigenvalue weighted by Gasteiger charge is 1.96. The van der Waals surface area contributed by atoms with Gasteiger partial charge in [0.15, 0.2) is 0 Å². The summed E-state index contributed by atoms with van der Waals surface area (Å²) < 4.78 is 29.7. The van der Waals surface area contributed by atoms with Crippen LogP contribution in [0, 0.1) is 11.6 Å². The number of ether oxygens (including phenoxy) is 1. The second-order valence-electron chi connectivity index (χ2n) is 2.24. The van der Waals surface area contributed by atoms with Crippen molar-refractivity contribution in [1.82, 2.24) is 0 Å². The second-order valence-corrected chi connectivity index (χ2v) is 2.24. The minimum atomic E-state index is -0.592. The molecule has 0 unspecified atom stereocenters. The molecule has 12 heavy (non-hydrogen) atoms. The summed E-state index contributed by atoms with van der Waals surface area (Å²) in [5, 5.41) is 0. The highest BCUT2D eigenvalue weighted by Crippen LogP contribution is 2.09. The van der Waals surface area contributed by atoms with Crippen LogP contribution in [-0.2, 0) is 4.74 Å². The molecule has 0 N–H and O–H groups in total. The third-order valence-corrected chi connectivity index (χ3v) is 1.28. The first-order valence-corrected chi connectivity index (χ1v) is 3.38. The van der Waals surface area contributed by atoms with E-state index in [1.165, 1.54) is 31.6 Å². The maximum absolute atomic E-state index is 12.5. The lowest BCUT2D eigenvalue weighted by molar-refractivity contribution is 0.341. The Balaban J connectivity index is 2.93. The molecular weight excluding hydrogens is 162 g/mol. The standard InChI is InChI=1S/C9H8F2O/c1-12-3-2-7-4-8(10)6-9(11)5-7/h2-6H,1H3. The fraction of sp³-hybridized carbons (Fsp3) is 0.111. The van der Waals surface area contributed by atoms with Crippen LogP contribution in [0.15, 0.2) is 24.5 Å². The summed E-state index contributed by atoms with van der Waals surface area (Å²) >= 11 is 0. The van der Waals surface area contributed by atoms with Crippen LogP contribution in [0.25, 0.3) is 6.08 Å². The van der Waals surface area contributed by atoms with Gasteiger partial charge in [-0.3, -0.25) is 0 Å². The Morgan fingerprint density at radius 1 is 1.17 bits per heavy atom. The third kappa shape index (κ3) is 2.34. The Labute approximate surface area is 69.3 Å². The van der Waals surface area contributed by atoms with Gasteiger partial charge in [0.25, 0.3) is 0 Å². The topological polar surface area (TPSA) is 9.23 Å². The summed E-state index contributed by atoms with van der Waals surface area (Å²) in [6.07, 6.45) is 2.83. The smallest absolute Gasteiger partial charge is 0.126 e. The number of benzene rings is 1. The predicted octanol–water partition coefficient (Wildman–Crippen LogP) is 2.58. The Kier molecular flexibility index (Phi) is 2.80. The molecule has 0 aliphatic carbocycles. The lowest BCUT2D eigenvalue weighted by Crippen LogP contribution is -1.81. The average Bonchev–Trinajstić information content (AvgIpc) is 1.99. The SMILES string of the molecule is COC=Cc1cc(F)cc(F)c1. The van der Waals surface area contributed by atoms with Crippen LogP contribution in [-0.4, -0.2) is 7.11 Å². The van der Waals surface area contributed by atoms with Crippen molar-refractivity contribution in [3.8, 4) is 0 Å². The predicted molar refractivity (Wildman–Crippen MR) is 42.4 cm³/mol. The second kappa shape index (κ2) is 3.85. The quantitative estimate of drug-likeness (QED) is 0.620. The minimum Gasteiger partial charge on any atom is -0.504 e. The van der Waals surface area contributed by atoms with Crippen LogP contribution in [0.3, 0.4) is 0 Å². The maximum atomic E-state index is 12.5. The number of halogens is 2. The Morgan fingerprint density at radius 2 is 1.75 bits per heavy atom. The number of hydrogen-bond acceptors (Lipinski definition) is 1. The van der Waals surface area contributed by atoms with Gasteiger partial charge in [0.05, 0.1) is 13.4 Å². The van der Waals surface area contributed by atoms with E-state index in [2.05, 4.69) is 4.74 Å². The van der Waals surface area contributed by atoms with Crippen LogP contribution in [0.4, 0.5) is 8.78 Å². The fourth-order valence-corrected chi connectivity index (χ4v) is 0.818. The van der Waals surface area contributed by atoms with E-state index in [0.29, 0.717) is 5.56 Å². The van der Waals surface area contributed by atoms with E-state index in [0.717, 1.165) is 6.07 Å². The number of rotatable bonds is 2. The lowest BCUT2D eigenvalue weighted by Gasteiger charge is -1.94. The fourth-order valence-electron chi connectivity index (χ4n) is 0.818. The van der Waals surface area contributed by atoms with Gasteiger partial charge in [0, 0.05) is 6.07 Å². The molecule has 1 aromatic rings. The summed E-state index contributed by atoms with van der Waals surface area (Å²) in [6, 6.07) is 3.27. The van der Waals surface area contributed by atoms with Crippen molar-refractivity contribution in [2.24, 2.45) is 0 Å². The van der Waals surface area contributed by atoms with E-state index in [1.807, 2.05) is 0 Å². The van der Waals surface area contributed by atoms with Gasteiger partial charge in [-0.05, 0) is 23.8 Å². The van der Waals surface area contributed by atoms with E-state index in [9.17, 15) is 8.78 Å². The zero-order chi connectivity index (χ0) is 8.97. The first kappa shape index (κ1) is 8.71. The summed E-state index contributed by atoms with van der Waals surface area (Å²) in [7, 11) is 1.46. The van der Waals surface area contributed by atoms with Crippen molar-refractivity contribution in [3.05, 3.63) is 41.7 Å². The Bertz CT molecular complexity index is 274. The maximum Gasteiger partial charge on any atom is 0.126 e. The molecule has 0 saturated heterocycles. The minimum absolute atomic E-state index is 0.439. The molecule has 0 fully saturated rings. The summed E-state index contributed by atoms with van der Waals surface area (Å²) in [6.45, 7) is 0. The molecule has 0 atom stereocenters. The van der Waals surface area contributed by atoms with Gasteiger partial charge in [0.1, 0.15) is 11.6 Å². The van der Waals surface area contributed by atoms with Crippen molar-refractivity contribution in [1.29, 1.82) is 0 Å². The van der Waals surface area contributed by atoms with Crippen LogP contribution in [0.2, 0.25) is 0 Å². The summed E-state index contributed by atoms with van der Waals surface area (Å²) in [4.78, 5) is 0. The molecule has 0 heterocycles. The summed E-state index contributed by atoms with van der Waals surface area (Å²) in [5.41, 5.74) is 0.439. The molecule has 3 heteroatoms. The van der Waals surface area contributed by atoms with Gasteiger partial charge in [-0.2, -0.15) is 0 Å². The highest BCUT2D eigenvalue weighted by molar-refractivity contribution is 5.48. The van der Waals surface area contributed by atoms with Gasteiger partial charge in [-0.15, -0.1) is 0 Å². The van der Waals surface area contributed by atoms with Crippen LogP contribution in [0.5, 0.6) is 0 Å². The van der Waals surface area contributed by atoms with Gasteiger partial charge in [-0.1, -0.05) is 0 Å². The molecule has 1 aromatic carbocycles. The zero-order valence-electron chi connectivity index (χ0n) is 6.55. The molecule has 0 bridgehead atoms. The molecule has 0 aliphatic rings. The van der Waals surface area contributed by atoms with Gasteiger partial charge < -0.3 is 4.74 Å². The average molecular weight is 170 g/mol. The zero-order valence-corrected chi connectivity index (χ0v) is 6.55. The third-order valence-electron chi connectivity index (χ3n) is 1.28. The number of hydrogen-bond donors (Lipinski definition) is 0. The van der Waals surface area contributed by atoms with Crippen molar-refractivity contribution in [2.75, 3.05) is 7.11 Å². The van der Waals surface area contributed by atoms with Crippen LogP contribution >= 0.6 is 0 Å². The van der Waals surface area contributed by atoms with Crippen molar-refractivity contribution in [2.45, 2.75) is 0 Å². The summed E-state index contributed by atoms with van der Waals surface area (Å²) in [5.74, 6) is -1.18. The van der Waals surface area contributed by atoms with E-state index in [-0.39, 0.29) is 0 Å². The molecule has 1 rings (SSSR count). The van der Waals surface area contributed by atoms with E-state index in [4.69, 9.17) is 0 Å². The molecule has 0 radical (unpaired) electrons. The van der Waals surface area contributed by atoms with E-state index >= 15 is 0 Å². The largest absolute Gasteiger partial charge is 0.504 e. The Morgan fingerprint density at radius 3 is 2.25 bits per heavy atom. The molecular formula is C9H8F2O. The Hall–Kier alpha value is -1.38. The van der Waals surface area contributed by atoms with E-state index in [1.54, 1.807) is 0 Å². The molecule has 0 saturated carbocycles. The van der Waals surface area contributed by atoms with Crippen molar-refractivity contribution >= 4 is 6.08 Å². The normalized spacial score (nSPS) is 10.6. The van der Waals surface area contributed by atoms with Crippen molar-refractivity contribution < 1.29 is 13.5 Å². The van der Waals surface area contributed by atoms with Crippen molar-refractivity contribution in [3.63, 3.8) is 0 Å². The molecule has 64 valence electrons. The molecule has 0 aromatic heterocycles. The van der Waals surface area contributed by atoms with Gasteiger partial charge >= 0.3 is 0 Å². The molecule has 0 spiro atoms. The molecule has 0 aliphatic heterocycles. The first-order valence-electron chi connectivity index (χ1n) is 3.38.